The first kappa shape index (κ1) is 29.6. The summed E-state index contributed by atoms with van der Waals surface area (Å²) in [7, 11) is 1.61. The minimum Gasteiger partial charge on any atom is -0.508 e. The molecule has 13 heteroatoms. The lowest BCUT2D eigenvalue weighted by molar-refractivity contribution is 0.0303. The highest BCUT2D eigenvalue weighted by atomic mass is 19.2. The summed E-state index contributed by atoms with van der Waals surface area (Å²) in [6, 6.07) is 4.84. The van der Waals surface area contributed by atoms with Gasteiger partial charge in [0.1, 0.15) is 35.6 Å². The van der Waals surface area contributed by atoms with Crippen molar-refractivity contribution in [2.45, 2.75) is 49.9 Å². The van der Waals surface area contributed by atoms with Gasteiger partial charge in [-0.1, -0.05) is 6.07 Å². The van der Waals surface area contributed by atoms with Crippen molar-refractivity contribution in [2.75, 3.05) is 44.8 Å². The molecule has 5 heterocycles. The Bertz CT molecular complexity index is 1830. The van der Waals surface area contributed by atoms with Crippen LogP contribution in [0, 0.1) is 29.3 Å². The molecule has 8 rings (SSSR count). The van der Waals surface area contributed by atoms with Gasteiger partial charge in [0, 0.05) is 49.2 Å². The Morgan fingerprint density at radius 1 is 1.07 bits per heavy atom. The van der Waals surface area contributed by atoms with Crippen LogP contribution in [0.2, 0.25) is 0 Å². The molecule has 1 aliphatic carbocycles. The minimum atomic E-state index is -1.17. The van der Waals surface area contributed by atoms with E-state index < -0.39 is 29.2 Å². The molecule has 3 saturated heterocycles. The summed E-state index contributed by atoms with van der Waals surface area (Å²) >= 11 is 0. The number of fused-ring (bicyclic) bond motifs is 5. The van der Waals surface area contributed by atoms with E-state index in [1.807, 2.05) is 0 Å². The number of hydrogen-bond donors (Lipinski definition) is 2. The fourth-order valence-electron chi connectivity index (χ4n) is 8.45. The molecule has 2 unspecified atom stereocenters. The first-order valence-corrected chi connectivity index (χ1v) is 15.8. The summed E-state index contributed by atoms with van der Waals surface area (Å²) in [4.78, 5) is 23.1. The Labute approximate surface area is 262 Å². The van der Waals surface area contributed by atoms with Crippen molar-refractivity contribution in [2.24, 2.45) is 11.8 Å². The van der Waals surface area contributed by atoms with Gasteiger partial charge >= 0.3 is 6.01 Å². The highest BCUT2D eigenvalue weighted by Gasteiger charge is 2.49. The summed E-state index contributed by atoms with van der Waals surface area (Å²) in [5.41, 5.74) is 2.16. The van der Waals surface area contributed by atoms with E-state index in [9.17, 15) is 13.9 Å². The van der Waals surface area contributed by atoms with Crippen molar-refractivity contribution in [1.29, 1.82) is 0 Å². The molecule has 3 aliphatic heterocycles. The molecule has 0 amide bonds. The molecule has 4 fully saturated rings. The predicted molar refractivity (Wildman–Crippen MR) is 163 cm³/mol. The maximum atomic E-state index is 16.7. The van der Waals surface area contributed by atoms with Crippen molar-refractivity contribution in [3.8, 4) is 23.0 Å². The molecular formula is C33H34F4N6O3. The summed E-state index contributed by atoms with van der Waals surface area (Å²) in [5, 5.41) is 10.7. The number of ether oxygens (including phenoxy) is 1. The zero-order chi connectivity index (χ0) is 31.7. The van der Waals surface area contributed by atoms with Crippen LogP contribution < -0.4 is 15.1 Å². The normalized spacial score (nSPS) is 27.6. The van der Waals surface area contributed by atoms with Gasteiger partial charge in [0.15, 0.2) is 17.5 Å². The molecule has 46 heavy (non-hydrogen) atoms. The zero-order valence-corrected chi connectivity index (χ0v) is 25.3. The van der Waals surface area contributed by atoms with Crippen molar-refractivity contribution < 1.29 is 32.2 Å². The summed E-state index contributed by atoms with van der Waals surface area (Å²) in [6.45, 7) is 2.58. The second-order valence-corrected chi connectivity index (χ2v) is 13.2. The van der Waals surface area contributed by atoms with Crippen LogP contribution in [-0.2, 0) is 4.84 Å². The van der Waals surface area contributed by atoms with Gasteiger partial charge in [0.05, 0.1) is 18.0 Å². The zero-order valence-electron chi connectivity index (χ0n) is 25.3. The molecule has 4 aromatic rings. The van der Waals surface area contributed by atoms with Crippen LogP contribution in [0.5, 0.6) is 11.8 Å². The molecular weight excluding hydrogens is 604 g/mol. The third kappa shape index (κ3) is 4.73. The van der Waals surface area contributed by atoms with Crippen molar-refractivity contribution in [1.82, 2.24) is 25.3 Å². The van der Waals surface area contributed by atoms with Gasteiger partial charge < -0.3 is 19.6 Å². The van der Waals surface area contributed by atoms with E-state index in [-0.39, 0.29) is 63.8 Å². The van der Waals surface area contributed by atoms with E-state index in [1.165, 1.54) is 18.3 Å². The number of phenols is 1. The topological polar surface area (TPSA) is 95.9 Å². The van der Waals surface area contributed by atoms with Crippen LogP contribution in [-0.4, -0.2) is 82.6 Å². The second kappa shape index (κ2) is 11.2. The Balaban J connectivity index is 1.25. The highest BCUT2D eigenvalue weighted by Crippen LogP contribution is 2.43. The highest BCUT2D eigenvalue weighted by molar-refractivity contribution is 6.00. The number of aromatic hydroxyl groups is 1. The lowest BCUT2D eigenvalue weighted by atomic mass is 9.92. The number of pyridine rings is 1. The lowest BCUT2D eigenvalue weighted by Gasteiger charge is -2.39. The molecule has 4 aliphatic rings. The first-order valence-electron chi connectivity index (χ1n) is 15.8. The van der Waals surface area contributed by atoms with E-state index in [2.05, 4.69) is 25.2 Å². The number of piperidine rings is 1. The number of nitrogens with one attached hydrogen (secondary N) is 1. The molecule has 2 aromatic heterocycles. The lowest BCUT2D eigenvalue weighted by Crippen LogP contribution is -2.51. The molecule has 0 radical (unpaired) electrons. The number of alkyl halides is 1. The third-order valence-corrected chi connectivity index (χ3v) is 10.5. The van der Waals surface area contributed by atoms with E-state index in [4.69, 9.17) is 14.6 Å². The van der Waals surface area contributed by atoms with Crippen molar-refractivity contribution in [3.63, 3.8) is 0 Å². The van der Waals surface area contributed by atoms with Crippen LogP contribution >= 0.6 is 0 Å². The average Bonchev–Trinajstić information content (AvgIpc) is 3.63. The number of aromatic nitrogens is 3. The largest absolute Gasteiger partial charge is 0.508 e. The Morgan fingerprint density at radius 2 is 1.87 bits per heavy atom. The predicted octanol–water partition coefficient (Wildman–Crippen LogP) is 5.29. The Morgan fingerprint density at radius 3 is 2.65 bits per heavy atom. The average molecular weight is 639 g/mol. The van der Waals surface area contributed by atoms with Crippen molar-refractivity contribution in [3.05, 3.63) is 47.9 Å². The van der Waals surface area contributed by atoms with Crippen LogP contribution in [0.1, 0.15) is 32.1 Å². The van der Waals surface area contributed by atoms with Crippen LogP contribution in [0.15, 0.2) is 30.5 Å². The maximum absolute atomic E-state index is 16.7. The summed E-state index contributed by atoms with van der Waals surface area (Å²) < 4.78 is 66.9. The molecule has 2 N–H and O–H groups in total. The van der Waals surface area contributed by atoms with Crippen LogP contribution in [0.3, 0.4) is 0 Å². The SMILES string of the molecule is CONC1C2CCC1CN(c1nc(OC[C@@]34CCCN3C[C@H](F)C4)nc3c(F)c(-c4cc(O)cc5ccc(F)c(F)c45)ncc13)C2. The number of halogens is 4. The number of hydrogen-bond acceptors (Lipinski definition) is 9. The van der Waals surface area contributed by atoms with Crippen LogP contribution in [0.4, 0.5) is 23.4 Å². The number of rotatable bonds is 7. The van der Waals surface area contributed by atoms with Crippen LogP contribution in [0.25, 0.3) is 32.9 Å². The van der Waals surface area contributed by atoms with Gasteiger partial charge in [-0.2, -0.15) is 15.4 Å². The molecule has 4 atom stereocenters. The summed E-state index contributed by atoms with van der Waals surface area (Å²) in [5.74, 6) is -2.42. The van der Waals surface area contributed by atoms with E-state index in [0.717, 1.165) is 44.4 Å². The van der Waals surface area contributed by atoms with Gasteiger partial charge in [-0.3, -0.25) is 9.88 Å². The number of anilines is 1. The van der Waals surface area contributed by atoms with Crippen molar-refractivity contribution >= 4 is 27.5 Å². The molecule has 2 aromatic carbocycles. The summed E-state index contributed by atoms with van der Waals surface area (Å²) in [6.07, 6.45) is 4.57. The minimum absolute atomic E-state index is 0.0513. The fraction of sp³-hybridized carbons (Fsp3) is 0.485. The number of nitrogens with zero attached hydrogens (tertiary/aromatic N) is 5. The smallest absolute Gasteiger partial charge is 0.319 e. The van der Waals surface area contributed by atoms with Gasteiger partial charge in [-0.15, -0.1) is 0 Å². The molecule has 242 valence electrons. The molecule has 9 nitrogen and oxygen atoms in total. The standard InChI is InChI=1S/C33H34F4N6O3/c1-45-41-28-18-3-4-19(28)14-42(13-18)31-23-12-38-29(22-10-21(44)9-17-5-6-24(35)26(36)25(17)22)27(37)30(23)39-32(40-31)46-16-33-7-2-8-43(33)15-20(34)11-33/h5-6,9-10,12,18-20,28,41,44H,2-4,7-8,11,13-16H2,1H3/t18?,19?,20-,28?,33+/m1/s1. The second-order valence-electron chi connectivity index (χ2n) is 13.2. The number of phenolic OH excluding ortho intramolecular Hbond substituents is 1. The van der Waals surface area contributed by atoms with Gasteiger partial charge in [-0.05, 0) is 67.6 Å². The van der Waals surface area contributed by atoms with Gasteiger partial charge in [-0.25, -0.2) is 17.6 Å². The number of hydroxylamine groups is 1. The Hall–Kier alpha value is -3.81. The molecule has 0 spiro atoms. The third-order valence-electron chi connectivity index (χ3n) is 10.5. The number of benzene rings is 2. The van der Waals surface area contributed by atoms with E-state index in [0.29, 0.717) is 37.3 Å². The quantitative estimate of drug-likeness (QED) is 0.207. The first-order chi connectivity index (χ1) is 22.2. The maximum Gasteiger partial charge on any atom is 0.319 e. The van der Waals surface area contributed by atoms with E-state index >= 15 is 8.78 Å². The molecule has 1 saturated carbocycles. The van der Waals surface area contributed by atoms with E-state index in [1.54, 1.807) is 7.11 Å². The fourth-order valence-corrected chi connectivity index (χ4v) is 8.45. The monoisotopic (exact) mass is 638 g/mol. The molecule has 2 bridgehead atoms. The van der Waals surface area contributed by atoms with Gasteiger partial charge in [0.2, 0.25) is 0 Å². The van der Waals surface area contributed by atoms with Gasteiger partial charge in [0.25, 0.3) is 0 Å². The Kier molecular flexibility index (Phi) is 7.18.